The fraction of sp³-hybridized carbons (Fsp3) is 0.158. The van der Waals surface area contributed by atoms with Crippen LogP contribution in [0.5, 0.6) is 5.75 Å². The normalized spacial score (nSPS) is 10.5. The second kappa shape index (κ2) is 7.55. The summed E-state index contributed by atoms with van der Waals surface area (Å²) in [4.78, 5) is 16.2. The van der Waals surface area contributed by atoms with Crippen LogP contribution in [0, 0.1) is 5.82 Å². The van der Waals surface area contributed by atoms with E-state index in [9.17, 15) is 9.18 Å². The number of hydrogen-bond acceptors (Lipinski definition) is 3. The van der Waals surface area contributed by atoms with Crippen molar-refractivity contribution in [3.8, 4) is 5.75 Å². The first-order chi connectivity index (χ1) is 11.7. The van der Waals surface area contributed by atoms with Crippen LogP contribution in [0.1, 0.15) is 5.56 Å². The van der Waals surface area contributed by atoms with Gasteiger partial charge in [-0.05, 0) is 36.2 Å². The molecule has 1 aromatic heterocycles. The minimum atomic E-state index is -0.264. The smallest absolute Gasteiger partial charge is 0.257 e. The first-order valence-electron chi connectivity index (χ1n) is 7.70. The Labute approximate surface area is 139 Å². The van der Waals surface area contributed by atoms with Gasteiger partial charge in [-0.25, -0.2) is 4.39 Å². The van der Waals surface area contributed by atoms with E-state index in [4.69, 9.17) is 4.74 Å². The summed E-state index contributed by atoms with van der Waals surface area (Å²) in [5, 5.41) is 3.75. The number of aromatic nitrogens is 1. The Morgan fingerprint density at radius 3 is 2.71 bits per heavy atom. The van der Waals surface area contributed by atoms with Crippen molar-refractivity contribution in [3.05, 3.63) is 72.2 Å². The van der Waals surface area contributed by atoms with Crippen molar-refractivity contribution in [2.45, 2.75) is 6.42 Å². The summed E-state index contributed by atoms with van der Waals surface area (Å²) in [5.74, 6) is 0.117. The second-order valence-corrected chi connectivity index (χ2v) is 5.35. The number of rotatable bonds is 6. The predicted molar refractivity (Wildman–Crippen MR) is 90.4 cm³/mol. The van der Waals surface area contributed by atoms with Crippen molar-refractivity contribution in [1.82, 2.24) is 10.3 Å². The molecule has 122 valence electrons. The molecule has 0 saturated heterocycles. The maximum atomic E-state index is 12.8. The summed E-state index contributed by atoms with van der Waals surface area (Å²) in [6.07, 6.45) is 2.33. The van der Waals surface area contributed by atoms with Gasteiger partial charge in [0.15, 0.2) is 6.61 Å². The largest absolute Gasteiger partial charge is 0.481 e. The number of carbonyl (C=O) groups excluding carboxylic acids is 1. The van der Waals surface area contributed by atoms with E-state index < -0.39 is 0 Å². The highest BCUT2D eigenvalue weighted by Crippen LogP contribution is 2.22. The molecule has 1 heterocycles. The number of hydrogen-bond donors (Lipinski definition) is 1. The predicted octanol–water partition coefficient (Wildman–Crippen LogP) is 3.11. The average molecular weight is 324 g/mol. The number of fused-ring (bicyclic) bond motifs is 1. The van der Waals surface area contributed by atoms with Crippen molar-refractivity contribution in [2.24, 2.45) is 0 Å². The van der Waals surface area contributed by atoms with Crippen LogP contribution in [-0.4, -0.2) is 24.0 Å². The zero-order valence-electron chi connectivity index (χ0n) is 13.0. The Morgan fingerprint density at radius 2 is 1.88 bits per heavy atom. The molecule has 5 heteroatoms. The zero-order valence-corrected chi connectivity index (χ0v) is 13.0. The molecule has 0 spiro atoms. The lowest BCUT2D eigenvalue weighted by atomic mass is 10.1. The maximum Gasteiger partial charge on any atom is 0.257 e. The molecule has 0 atom stereocenters. The van der Waals surface area contributed by atoms with Crippen molar-refractivity contribution in [2.75, 3.05) is 13.2 Å². The first kappa shape index (κ1) is 15.9. The molecule has 2 aromatic carbocycles. The molecule has 0 unspecified atom stereocenters. The number of amides is 1. The van der Waals surface area contributed by atoms with Gasteiger partial charge in [0.25, 0.3) is 5.91 Å². The third-order valence-electron chi connectivity index (χ3n) is 3.60. The summed E-state index contributed by atoms with van der Waals surface area (Å²) in [5.41, 5.74) is 1.70. The van der Waals surface area contributed by atoms with Gasteiger partial charge >= 0.3 is 0 Å². The summed E-state index contributed by atoms with van der Waals surface area (Å²) in [6, 6.07) is 15.6. The van der Waals surface area contributed by atoms with Crippen LogP contribution in [0.4, 0.5) is 4.39 Å². The minimum Gasteiger partial charge on any atom is -0.481 e. The van der Waals surface area contributed by atoms with E-state index in [1.54, 1.807) is 24.4 Å². The number of para-hydroxylation sites is 1. The number of ether oxygens (including phenoxy) is 1. The highest BCUT2D eigenvalue weighted by molar-refractivity contribution is 5.85. The quantitative estimate of drug-likeness (QED) is 0.758. The number of nitrogens with one attached hydrogen (secondary N) is 1. The molecule has 0 bridgehead atoms. The average Bonchev–Trinajstić information content (AvgIpc) is 2.61. The van der Waals surface area contributed by atoms with Crippen LogP contribution in [-0.2, 0) is 11.2 Å². The van der Waals surface area contributed by atoms with Gasteiger partial charge in [-0.15, -0.1) is 0 Å². The van der Waals surface area contributed by atoms with Gasteiger partial charge in [0.2, 0.25) is 0 Å². The Kier molecular flexibility index (Phi) is 5.01. The molecule has 4 nitrogen and oxygen atoms in total. The molecular weight excluding hydrogens is 307 g/mol. The summed E-state index contributed by atoms with van der Waals surface area (Å²) >= 11 is 0. The van der Waals surface area contributed by atoms with Crippen molar-refractivity contribution in [1.29, 1.82) is 0 Å². The lowest BCUT2D eigenvalue weighted by Gasteiger charge is -2.09. The van der Waals surface area contributed by atoms with Crippen molar-refractivity contribution < 1.29 is 13.9 Å². The van der Waals surface area contributed by atoms with E-state index in [0.717, 1.165) is 16.5 Å². The summed E-state index contributed by atoms with van der Waals surface area (Å²) in [7, 11) is 0. The van der Waals surface area contributed by atoms with E-state index in [1.807, 2.05) is 24.3 Å². The lowest BCUT2D eigenvalue weighted by Crippen LogP contribution is -2.30. The second-order valence-electron chi connectivity index (χ2n) is 5.35. The molecule has 1 amide bonds. The van der Waals surface area contributed by atoms with Gasteiger partial charge in [-0.2, -0.15) is 0 Å². The highest BCUT2D eigenvalue weighted by atomic mass is 19.1. The van der Waals surface area contributed by atoms with Gasteiger partial charge in [0.05, 0.1) is 0 Å². The molecule has 1 N–H and O–H groups in total. The van der Waals surface area contributed by atoms with Gasteiger partial charge in [0.1, 0.15) is 17.1 Å². The van der Waals surface area contributed by atoms with Crippen LogP contribution >= 0.6 is 0 Å². The van der Waals surface area contributed by atoms with Gasteiger partial charge in [-0.1, -0.05) is 30.3 Å². The lowest BCUT2D eigenvalue weighted by molar-refractivity contribution is -0.123. The van der Waals surface area contributed by atoms with Crippen LogP contribution in [0.2, 0.25) is 0 Å². The minimum absolute atomic E-state index is 0.0703. The molecule has 0 aliphatic carbocycles. The molecule has 3 rings (SSSR count). The van der Waals surface area contributed by atoms with E-state index in [2.05, 4.69) is 10.3 Å². The number of nitrogens with zero attached hydrogens (tertiary/aromatic N) is 1. The first-order valence-corrected chi connectivity index (χ1v) is 7.70. The Morgan fingerprint density at radius 1 is 1.08 bits per heavy atom. The fourth-order valence-electron chi connectivity index (χ4n) is 2.38. The highest BCUT2D eigenvalue weighted by Gasteiger charge is 2.06. The Bertz CT molecular complexity index is 829. The summed E-state index contributed by atoms with van der Waals surface area (Å²) < 4.78 is 18.4. The Balaban J connectivity index is 1.49. The molecule has 0 aliphatic heterocycles. The van der Waals surface area contributed by atoms with E-state index in [1.165, 1.54) is 12.1 Å². The van der Waals surface area contributed by atoms with Gasteiger partial charge in [0, 0.05) is 18.1 Å². The van der Waals surface area contributed by atoms with Crippen molar-refractivity contribution in [3.63, 3.8) is 0 Å². The van der Waals surface area contributed by atoms with Crippen LogP contribution < -0.4 is 10.1 Å². The third kappa shape index (κ3) is 4.07. The van der Waals surface area contributed by atoms with E-state index >= 15 is 0 Å². The maximum absolute atomic E-state index is 12.8. The van der Waals surface area contributed by atoms with Crippen molar-refractivity contribution >= 4 is 16.8 Å². The molecule has 0 saturated carbocycles. The molecule has 24 heavy (non-hydrogen) atoms. The SMILES string of the molecule is O=C(COc1cccc2cccnc12)NCCc1ccc(F)cc1. The van der Waals surface area contributed by atoms with Crippen LogP contribution in [0.3, 0.4) is 0 Å². The molecule has 0 radical (unpaired) electrons. The van der Waals surface area contributed by atoms with Crippen LogP contribution in [0.15, 0.2) is 60.8 Å². The number of halogens is 1. The Hall–Kier alpha value is -2.95. The monoisotopic (exact) mass is 324 g/mol. The standard InChI is InChI=1S/C19H17FN2O2/c20-16-8-6-14(7-9-16)10-12-21-18(23)13-24-17-5-1-3-15-4-2-11-22-19(15)17/h1-9,11H,10,12-13H2,(H,21,23). The molecule has 0 aliphatic rings. The fourth-order valence-corrected chi connectivity index (χ4v) is 2.38. The van der Waals surface area contributed by atoms with E-state index in [0.29, 0.717) is 18.7 Å². The molecule has 0 fully saturated rings. The third-order valence-corrected chi connectivity index (χ3v) is 3.60. The number of pyridine rings is 1. The van der Waals surface area contributed by atoms with Gasteiger partial charge in [-0.3, -0.25) is 9.78 Å². The van der Waals surface area contributed by atoms with E-state index in [-0.39, 0.29) is 18.3 Å². The van der Waals surface area contributed by atoms with Gasteiger partial charge < -0.3 is 10.1 Å². The number of carbonyl (C=O) groups is 1. The summed E-state index contributed by atoms with van der Waals surface area (Å²) in [6.45, 7) is 0.403. The van der Waals surface area contributed by atoms with Crippen LogP contribution in [0.25, 0.3) is 10.9 Å². The molecule has 3 aromatic rings. The zero-order chi connectivity index (χ0) is 16.8. The number of benzene rings is 2. The topological polar surface area (TPSA) is 51.2 Å². The molecular formula is C19H17FN2O2.